The lowest BCUT2D eigenvalue weighted by Crippen LogP contribution is -2.13. The van der Waals surface area contributed by atoms with Crippen LogP contribution in [0.25, 0.3) is 0 Å². The monoisotopic (exact) mass is 263 g/mol. The van der Waals surface area contributed by atoms with Gasteiger partial charge in [-0.05, 0) is 6.07 Å². The van der Waals surface area contributed by atoms with E-state index >= 15 is 0 Å². The van der Waals surface area contributed by atoms with Crippen LogP contribution in [-0.2, 0) is 11.4 Å². The highest BCUT2D eigenvalue weighted by Gasteiger charge is 2.14. The third kappa shape index (κ3) is 3.32. The number of amides is 1. The van der Waals surface area contributed by atoms with E-state index in [1.165, 1.54) is 25.2 Å². The second-order valence-electron chi connectivity index (χ2n) is 3.69. The largest absolute Gasteiger partial charge is 0.496 e. The van der Waals surface area contributed by atoms with Gasteiger partial charge >= 0.3 is 0 Å². The highest BCUT2D eigenvalue weighted by atomic mass is 16.5. The first-order valence-corrected chi connectivity index (χ1v) is 5.55. The van der Waals surface area contributed by atoms with Crippen molar-refractivity contribution in [2.45, 2.75) is 13.5 Å². The van der Waals surface area contributed by atoms with Crippen molar-refractivity contribution < 1.29 is 14.6 Å². The van der Waals surface area contributed by atoms with Crippen LogP contribution in [0.3, 0.4) is 0 Å². The molecule has 0 radical (unpaired) electrons. The van der Waals surface area contributed by atoms with E-state index < -0.39 is 0 Å². The maximum Gasteiger partial charge on any atom is 0.221 e. The predicted octanol–water partition coefficient (Wildman–Crippen LogP) is 1.71. The van der Waals surface area contributed by atoms with Gasteiger partial charge in [-0.15, -0.1) is 0 Å². The number of carbonyl (C=O) groups is 1. The Labute approximate surface area is 112 Å². The number of aliphatic hydroxyl groups is 1. The molecular formula is C13H17N3O3. The topological polar surface area (TPSA) is 74.2 Å². The molecule has 2 N–H and O–H groups in total. The Hall–Kier alpha value is -2.34. The van der Waals surface area contributed by atoms with Gasteiger partial charge in [0.1, 0.15) is 5.75 Å². The molecule has 0 unspecified atom stereocenters. The lowest BCUT2D eigenvalue weighted by molar-refractivity contribution is -0.114. The molecule has 0 atom stereocenters. The number of nitrogens with one attached hydrogen (secondary N) is 1. The number of ether oxygens (including phenoxy) is 1. The molecule has 0 aliphatic rings. The zero-order valence-corrected chi connectivity index (χ0v) is 11.0. The van der Waals surface area contributed by atoms with Crippen LogP contribution in [0.4, 0.5) is 11.4 Å². The number of benzene rings is 1. The lowest BCUT2D eigenvalue weighted by atomic mass is 10.1. The molecule has 1 amide bonds. The van der Waals surface area contributed by atoms with Crippen molar-refractivity contribution in [3.63, 3.8) is 0 Å². The fraction of sp³-hybridized carbons (Fsp3) is 0.231. The molecule has 1 aromatic rings. The molecule has 19 heavy (non-hydrogen) atoms. The minimum absolute atomic E-state index is 0.196. The van der Waals surface area contributed by atoms with E-state index in [9.17, 15) is 9.90 Å². The van der Waals surface area contributed by atoms with Gasteiger partial charge < -0.3 is 15.2 Å². The first kappa shape index (κ1) is 14.7. The molecule has 0 heterocycles. The number of hydrazone groups is 1. The summed E-state index contributed by atoms with van der Waals surface area (Å²) in [5.74, 6) is 0.246. The van der Waals surface area contributed by atoms with Crippen molar-refractivity contribution >= 4 is 24.0 Å². The molecule has 0 bridgehead atoms. The van der Waals surface area contributed by atoms with Gasteiger partial charge in [0.2, 0.25) is 5.91 Å². The lowest BCUT2D eigenvalue weighted by Gasteiger charge is -2.20. The summed E-state index contributed by atoms with van der Waals surface area (Å²) in [4.78, 5) is 11.2. The molecular weight excluding hydrogens is 246 g/mol. The highest BCUT2D eigenvalue weighted by Crippen LogP contribution is 2.34. The number of nitrogens with zero attached hydrogens (tertiary/aromatic N) is 2. The zero-order valence-electron chi connectivity index (χ0n) is 11.0. The molecule has 0 saturated carbocycles. The number of aliphatic hydroxyl groups excluding tert-OH is 1. The van der Waals surface area contributed by atoms with E-state index in [1.807, 2.05) is 0 Å². The van der Waals surface area contributed by atoms with Gasteiger partial charge in [0.25, 0.3) is 0 Å². The maximum atomic E-state index is 11.2. The maximum absolute atomic E-state index is 11.2. The smallest absolute Gasteiger partial charge is 0.221 e. The molecule has 102 valence electrons. The van der Waals surface area contributed by atoms with E-state index in [4.69, 9.17) is 4.74 Å². The number of carbonyl (C=O) groups excluding carboxylic acids is 1. The summed E-state index contributed by atoms with van der Waals surface area (Å²) in [5, 5.41) is 17.1. The highest BCUT2D eigenvalue weighted by molar-refractivity contribution is 5.93. The van der Waals surface area contributed by atoms with E-state index in [0.29, 0.717) is 22.7 Å². The van der Waals surface area contributed by atoms with Crippen molar-refractivity contribution in [3.8, 4) is 5.75 Å². The van der Waals surface area contributed by atoms with Gasteiger partial charge in [-0.1, -0.05) is 6.58 Å². The average molecular weight is 263 g/mol. The third-order valence-corrected chi connectivity index (χ3v) is 2.45. The number of rotatable bonds is 6. The number of anilines is 2. The molecule has 6 nitrogen and oxygen atoms in total. The third-order valence-electron chi connectivity index (χ3n) is 2.45. The first-order chi connectivity index (χ1) is 9.07. The van der Waals surface area contributed by atoms with Crippen molar-refractivity contribution in [1.29, 1.82) is 0 Å². The Morgan fingerprint density at radius 3 is 2.74 bits per heavy atom. The fourth-order valence-corrected chi connectivity index (χ4v) is 1.64. The summed E-state index contributed by atoms with van der Waals surface area (Å²) >= 11 is 0. The van der Waals surface area contributed by atoms with Crippen LogP contribution >= 0.6 is 0 Å². The summed E-state index contributed by atoms with van der Waals surface area (Å²) in [6.45, 7) is 8.24. The Balaban J connectivity index is 3.42. The number of hydrogen-bond donors (Lipinski definition) is 2. The van der Waals surface area contributed by atoms with E-state index in [1.54, 1.807) is 12.1 Å². The molecule has 1 rings (SSSR count). The van der Waals surface area contributed by atoms with Crippen LogP contribution in [0.5, 0.6) is 5.75 Å². The van der Waals surface area contributed by atoms with E-state index in [0.717, 1.165) is 0 Å². The first-order valence-electron chi connectivity index (χ1n) is 5.55. The molecule has 0 fully saturated rings. The second-order valence-corrected chi connectivity index (χ2v) is 3.69. The minimum Gasteiger partial charge on any atom is -0.496 e. The average Bonchev–Trinajstić information content (AvgIpc) is 2.40. The van der Waals surface area contributed by atoms with Crippen LogP contribution in [0, 0.1) is 0 Å². The van der Waals surface area contributed by atoms with Crippen molar-refractivity contribution in [2.75, 3.05) is 17.4 Å². The molecule has 6 heteroatoms. The number of methoxy groups -OCH3 is 1. The Bertz CT molecular complexity index is 492. The van der Waals surface area contributed by atoms with Crippen LogP contribution in [0.2, 0.25) is 0 Å². The molecule has 0 aliphatic carbocycles. The van der Waals surface area contributed by atoms with Crippen molar-refractivity contribution in [2.24, 2.45) is 5.10 Å². The minimum atomic E-state index is -0.229. The van der Waals surface area contributed by atoms with Crippen LogP contribution in [-0.4, -0.2) is 24.8 Å². The zero-order chi connectivity index (χ0) is 14.4. The molecule has 0 aliphatic heterocycles. The van der Waals surface area contributed by atoms with E-state index in [2.05, 4.69) is 23.7 Å². The summed E-state index contributed by atoms with van der Waals surface area (Å²) in [6, 6.07) is 3.27. The second kappa shape index (κ2) is 6.55. The summed E-state index contributed by atoms with van der Waals surface area (Å²) in [6.07, 6.45) is 1.45. The van der Waals surface area contributed by atoms with Crippen molar-refractivity contribution in [1.82, 2.24) is 0 Å². The van der Waals surface area contributed by atoms with Crippen LogP contribution in [0.1, 0.15) is 12.5 Å². The Kier molecular flexibility index (Phi) is 5.08. The standard InChI is InChI=1S/C13H17N3O3/c1-5-16(14-3)12-6-10(8-17)13(19-4)7-11(12)15-9(2)18/h5-7,17H,1,3,8H2,2,4H3,(H,15,18). The summed E-state index contributed by atoms with van der Waals surface area (Å²) in [5.41, 5.74) is 1.61. The summed E-state index contributed by atoms with van der Waals surface area (Å²) < 4.78 is 5.16. The predicted molar refractivity (Wildman–Crippen MR) is 75.4 cm³/mol. The SMILES string of the molecule is C=CN(N=C)c1cc(CO)c(OC)cc1NC(C)=O. The molecule has 1 aromatic carbocycles. The normalized spacial score (nSPS) is 9.63. The van der Waals surface area contributed by atoms with Gasteiger partial charge in [0.15, 0.2) is 0 Å². The van der Waals surface area contributed by atoms with Crippen LogP contribution in [0.15, 0.2) is 30.0 Å². The number of hydrogen-bond acceptors (Lipinski definition) is 5. The molecule has 0 spiro atoms. The van der Waals surface area contributed by atoms with Crippen molar-refractivity contribution in [3.05, 3.63) is 30.5 Å². The van der Waals surface area contributed by atoms with E-state index in [-0.39, 0.29) is 12.5 Å². The van der Waals surface area contributed by atoms with Gasteiger partial charge in [-0.2, -0.15) is 5.10 Å². The van der Waals surface area contributed by atoms with Crippen LogP contribution < -0.4 is 15.1 Å². The Morgan fingerprint density at radius 1 is 1.63 bits per heavy atom. The molecule has 0 aromatic heterocycles. The Morgan fingerprint density at radius 2 is 2.32 bits per heavy atom. The fourth-order valence-electron chi connectivity index (χ4n) is 1.64. The molecule has 0 saturated heterocycles. The van der Waals surface area contributed by atoms with Gasteiger partial charge in [0, 0.05) is 31.5 Å². The van der Waals surface area contributed by atoms with Gasteiger partial charge in [-0.25, -0.2) is 5.01 Å². The quantitative estimate of drug-likeness (QED) is 0.605. The van der Waals surface area contributed by atoms with Gasteiger partial charge in [-0.3, -0.25) is 4.79 Å². The van der Waals surface area contributed by atoms with Gasteiger partial charge in [0.05, 0.1) is 25.1 Å². The summed E-state index contributed by atoms with van der Waals surface area (Å²) in [7, 11) is 1.49.